The number of ether oxygens (including phenoxy) is 1. The van der Waals surface area contributed by atoms with Crippen molar-refractivity contribution in [2.45, 2.75) is 39.7 Å². The molecule has 0 saturated heterocycles. The highest BCUT2D eigenvalue weighted by molar-refractivity contribution is 5.99. The third kappa shape index (κ3) is 4.23. The second kappa shape index (κ2) is 8.52. The predicted octanol–water partition coefficient (Wildman–Crippen LogP) is 5.44. The van der Waals surface area contributed by atoms with Gasteiger partial charge in [0.05, 0.1) is 13.7 Å². The van der Waals surface area contributed by atoms with Gasteiger partial charge in [-0.15, -0.1) is 0 Å². The molecule has 0 saturated carbocycles. The Morgan fingerprint density at radius 2 is 1.68 bits per heavy atom. The highest BCUT2D eigenvalue weighted by Crippen LogP contribution is 2.36. The molecule has 0 bridgehead atoms. The third-order valence-corrected chi connectivity index (χ3v) is 6.67. The molecule has 6 nitrogen and oxygen atoms in total. The largest absolute Gasteiger partial charge is 0.497 e. The van der Waals surface area contributed by atoms with Crippen molar-refractivity contribution in [3.63, 3.8) is 0 Å². The summed E-state index contributed by atoms with van der Waals surface area (Å²) >= 11 is 0. The maximum atomic E-state index is 12.8. The molecule has 0 fully saturated rings. The van der Waals surface area contributed by atoms with E-state index in [4.69, 9.17) is 4.74 Å². The van der Waals surface area contributed by atoms with Crippen LogP contribution in [-0.2, 0) is 29.0 Å². The smallest absolute Gasteiger partial charge is 0.230 e. The molecule has 174 valence electrons. The first-order chi connectivity index (χ1) is 16.3. The molecule has 6 heteroatoms. The molecule has 5 rings (SSSR count). The number of nitrogens with zero attached hydrogens (tertiary/aromatic N) is 1. The van der Waals surface area contributed by atoms with Crippen molar-refractivity contribution < 1.29 is 14.3 Å². The van der Waals surface area contributed by atoms with E-state index in [1.165, 1.54) is 5.56 Å². The molecule has 0 aromatic heterocycles. The highest BCUT2D eigenvalue weighted by atomic mass is 16.5. The van der Waals surface area contributed by atoms with Crippen LogP contribution in [0.15, 0.2) is 60.7 Å². The summed E-state index contributed by atoms with van der Waals surface area (Å²) in [6.07, 6.45) is 1.96. The highest BCUT2D eigenvalue weighted by Gasteiger charge is 2.33. The number of hydrogen-bond acceptors (Lipinski definition) is 4. The number of carbonyl (C=O) groups is 2. The lowest BCUT2D eigenvalue weighted by molar-refractivity contribution is -0.124. The molecular formula is C28H29N3O3. The van der Waals surface area contributed by atoms with E-state index in [1.54, 1.807) is 7.11 Å². The molecule has 2 N–H and O–H groups in total. The third-order valence-electron chi connectivity index (χ3n) is 6.67. The fourth-order valence-electron chi connectivity index (χ4n) is 4.66. The van der Waals surface area contributed by atoms with Gasteiger partial charge in [-0.05, 0) is 72.0 Å². The normalized spacial score (nSPS) is 16.4. The summed E-state index contributed by atoms with van der Waals surface area (Å²) in [5.74, 6) is 0.984. The number of nitrogens with one attached hydrogen (secondary N) is 2. The molecular weight excluding hydrogens is 426 g/mol. The van der Waals surface area contributed by atoms with Gasteiger partial charge in [0, 0.05) is 34.6 Å². The van der Waals surface area contributed by atoms with Crippen LogP contribution in [0.4, 0.5) is 22.7 Å². The van der Waals surface area contributed by atoms with Crippen molar-refractivity contribution in [1.29, 1.82) is 0 Å². The van der Waals surface area contributed by atoms with Crippen LogP contribution < -0.4 is 20.3 Å². The van der Waals surface area contributed by atoms with Gasteiger partial charge in [0.25, 0.3) is 0 Å². The van der Waals surface area contributed by atoms with Gasteiger partial charge < -0.3 is 20.3 Å². The Balaban J connectivity index is 1.40. The topological polar surface area (TPSA) is 70.7 Å². The second-order valence-corrected chi connectivity index (χ2v) is 9.68. The Morgan fingerprint density at radius 1 is 0.941 bits per heavy atom. The summed E-state index contributed by atoms with van der Waals surface area (Å²) in [6.45, 7) is 4.44. The lowest BCUT2D eigenvalue weighted by atomic mass is 9.81. The first-order valence-corrected chi connectivity index (χ1v) is 11.6. The van der Waals surface area contributed by atoms with Crippen molar-refractivity contribution in [3.05, 3.63) is 77.4 Å². The minimum Gasteiger partial charge on any atom is -0.497 e. The molecule has 0 aliphatic carbocycles. The fourth-order valence-corrected chi connectivity index (χ4v) is 4.66. The van der Waals surface area contributed by atoms with E-state index >= 15 is 0 Å². The standard InChI is InChI=1S/C28H29N3O3/c1-28(2)16-20-14-21(9-12-24(20)30-27(28)33)29-22-8-6-19-7-13-26(32)31(25(19)15-22)17-18-4-10-23(34-3)11-5-18/h4-6,8-12,14-15,29H,7,13,16-17H2,1-3H3,(H,30,33). The Morgan fingerprint density at radius 3 is 2.44 bits per heavy atom. The van der Waals surface area contributed by atoms with E-state index < -0.39 is 5.41 Å². The summed E-state index contributed by atoms with van der Waals surface area (Å²) in [6, 6.07) is 20.1. The van der Waals surface area contributed by atoms with Gasteiger partial charge in [0.2, 0.25) is 11.8 Å². The van der Waals surface area contributed by atoms with Crippen LogP contribution in [0.1, 0.15) is 37.0 Å². The molecule has 0 atom stereocenters. The maximum absolute atomic E-state index is 12.8. The van der Waals surface area contributed by atoms with E-state index in [-0.39, 0.29) is 11.8 Å². The minimum absolute atomic E-state index is 0.0528. The molecule has 2 heterocycles. The Bertz CT molecular complexity index is 1260. The number of rotatable bonds is 5. The minimum atomic E-state index is -0.431. The van der Waals surface area contributed by atoms with Crippen LogP contribution in [-0.4, -0.2) is 18.9 Å². The predicted molar refractivity (Wildman–Crippen MR) is 135 cm³/mol. The summed E-state index contributed by atoms with van der Waals surface area (Å²) in [7, 11) is 1.65. The zero-order valence-corrected chi connectivity index (χ0v) is 19.8. The van der Waals surface area contributed by atoms with Gasteiger partial charge in [-0.3, -0.25) is 9.59 Å². The van der Waals surface area contributed by atoms with Crippen LogP contribution in [0.3, 0.4) is 0 Å². The van der Waals surface area contributed by atoms with Gasteiger partial charge in [0.1, 0.15) is 5.75 Å². The molecule has 0 unspecified atom stereocenters. The van der Waals surface area contributed by atoms with Crippen LogP contribution in [0.5, 0.6) is 5.75 Å². The first kappa shape index (κ1) is 22.0. The quantitative estimate of drug-likeness (QED) is 0.538. The SMILES string of the molecule is COc1ccc(CN2C(=O)CCc3ccc(Nc4ccc5c(c4)CC(C)(C)C(=O)N5)cc32)cc1. The summed E-state index contributed by atoms with van der Waals surface area (Å²) in [4.78, 5) is 27.0. The van der Waals surface area contributed by atoms with Crippen molar-refractivity contribution in [2.24, 2.45) is 5.41 Å². The van der Waals surface area contributed by atoms with E-state index in [0.717, 1.165) is 46.0 Å². The number of benzene rings is 3. The van der Waals surface area contributed by atoms with E-state index in [2.05, 4.69) is 34.9 Å². The number of anilines is 4. The summed E-state index contributed by atoms with van der Waals surface area (Å²) in [5.41, 5.74) is 6.61. The molecule has 2 amide bonds. The molecule has 2 aliphatic heterocycles. The Labute approximate surface area is 199 Å². The van der Waals surface area contributed by atoms with E-state index in [9.17, 15) is 9.59 Å². The van der Waals surface area contributed by atoms with Gasteiger partial charge in [-0.1, -0.05) is 32.0 Å². The monoisotopic (exact) mass is 455 g/mol. The summed E-state index contributed by atoms with van der Waals surface area (Å²) < 4.78 is 5.25. The van der Waals surface area contributed by atoms with Crippen LogP contribution in [0.2, 0.25) is 0 Å². The number of methoxy groups -OCH3 is 1. The molecule has 0 radical (unpaired) electrons. The van der Waals surface area contributed by atoms with Gasteiger partial charge in [-0.25, -0.2) is 0 Å². The average molecular weight is 456 g/mol. The van der Waals surface area contributed by atoms with Crippen molar-refractivity contribution in [2.75, 3.05) is 22.6 Å². The van der Waals surface area contributed by atoms with E-state index in [0.29, 0.717) is 19.4 Å². The number of carbonyl (C=O) groups excluding carboxylic acids is 2. The van der Waals surface area contributed by atoms with Gasteiger partial charge in [-0.2, -0.15) is 0 Å². The summed E-state index contributed by atoms with van der Waals surface area (Å²) in [5, 5.41) is 6.49. The number of amides is 2. The van der Waals surface area contributed by atoms with E-state index in [1.807, 2.05) is 55.1 Å². The zero-order chi connectivity index (χ0) is 23.9. The second-order valence-electron chi connectivity index (χ2n) is 9.68. The van der Waals surface area contributed by atoms with Crippen LogP contribution in [0.25, 0.3) is 0 Å². The van der Waals surface area contributed by atoms with Crippen molar-refractivity contribution in [3.8, 4) is 5.75 Å². The first-order valence-electron chi connectivity index (χ1n) is 11.6. The molecule has 34 heavy (non-hydrogen) atoms. The Hall–Kier alpha value is -3.80. The van der Waals surface area contributed by atoms with Gasteiger partial charge >= 0.3 is 0 Å². The number of hydrogen-bond donors (Lipinski definition) is 2. The fraction of sp³-hybridized carbons (Fsp3) is 0.286. The zero-order valence-electron chi connectivity index (χ0n) is 19.8. The lowest BCUT2D eigenvalue weighted by Crippen LogP contribution is -2.37. The van der Waals surface area contributed by atoms with Crippen LogP contribution >= 0.6 is 0 Å². The average Bonchev–Trinajstić information content (AvgIpc) is 2.82. The lowest BCUT2D eigenvalue weighted by Gasteiger charge is -2.31. The maximum Gasteiger partial charge on any atom is 0.230 e. The van der Waals surface area contributed by atoms with Crippen LogP contribution in [0, 0.1) is 5.41 Å². The number of fused-ring (bicyclic) bond motifs is 2. The van der Waals surface area contributed by atoms with Crippen molar-refractivity contribution >= 4 is 34.6 Å². The van der Waals surface area contributed by atoms with Gasteiger partial charge in [0.15, 0.2) is 0 Å². The number of aryl methyl sites for hydroxylation is 1. The Kier molecular flexibility index (Phi) is 5.52. The molecule has 3 aromatic carbocycles. The molecule has 2 aliphatic rings. The van der Waals surface area contributed by atoms with Crippen molar-refractivity contribution in [1.82, 2.24) is 0 Å². The molecule has 3 aromatic rings. The molecule has 0 spiro atoms.